The Morgan fingerprint density at radius 1 is 1.53 bits per heavy atom. The Labute approximate surface area is 88.8 Å². The molecule has 5 heteroatoms. The second-order valence-corrected chi connectivity index (χ2v) is 3.17. The third-order valence-corrected chi connectivity index (χ3v) is 1.81. The minimum Gasteiger partial charge on any atom is -0.375 e. The lowest BCUT2D eigenvalue weighted by atomic mass is 10.4. The number of carbonyl (C=O) groups excluding carboxylic acids is 1. The van der Waals surface area contributed by atoms with Crippen molar-refractivity contribution < 1.29 is 4.79 Å². The molecule has 0 aliphatic carbocycles. The molecule has 0 spiro atoms. The molecule has 0 fully saturated rings. The third-order valence-electron chi connectivity index (χ3n) is 1.81. The number of carbonyl (C=O) groups is 1. The van der Waals surface area contributed by atoms with E-state index >= 15 is 0 Å². The standard InChI is InChI=1S/C10H14N4O/c1-4-10(15)13-7-9-11-5-8(6-12-9)14(2)3/h4-6H,1,7H2,2-3H3,(H,13,15). The van der Waals surface area contributed by atoms with E-state index in [0.717, 1.165) is 5.69 Å². The number of hydrogen-bond donors (Lipinski definition) is 1. The lowest BCUT2D eigenvalue weighted by molar-refractivity contribution is -0.116. The summed E-state index contributed by atoms with van der Waals surface area (Å²) < 4.78 is 0. The zero-order chi connectivity index (χ0) is 11.3. The van der Waals surface area contributed by atoms with Gasteiger partial charge in [-0.05, 0) is 6.08 Å². The summed E-state index contributed by atoms with van der Waals surface area (Å²) in [6, 6.07) is 0. The first-order valence-electron chi connectivity index (χ1n) is 4.52. The van der Waals surface area contributed by atoms with Crippen LogP contribution in [0.2, 0.25) is 0 Å². The minimum atomic E-state index is -0.227. The van der Waals surface area contributed by atoms with Crippen LogP contribution in [0.25, 0.3) is 0 Å². The highest BCUT2D eigenvalue weighted by Crippen LogP contribution is 2.05. The number of nitrogens with zero attached hydrogens (tertiary/aromatic N) is 3. The van der Waals surface area contributed by atoms with Crippen molar-refractivity contribution in [2.24, 2.45) is 0 Å². The number of anilines is 1. The summed E-state index contributed by atoms with van der Waals surface area (Å²) in [5, 5.41) is 2.60. The van der Waals surface area contributed by atoms with Crippen molar-refractivity contribution in [3.05, 3.63) is 30.9 Å². The molecule has 1 N–H and O–H groups in total. The Morgan fingerprint density at radius 3 is 2.60 bits per heavy atom. The fourth-order valence-corrected chi connectivity index (χ4v) is 0.909. The molecule has 5 nitrogen and oxygen atoms in total. The average Bonchev–Trinajstić information content (AvgIpc) is 2.26. The maximum atomic E-state index is 10.9. The van der Waals surface area contributed by atoms with Gasteiger partial charge in [0.15, 0.2) is 0 Å². The lowest BCUT2D eigenvalue weighted by Crippen LogP contribution is -2.21. The van der Waals surface area contributed by atoms with E-state index in [-0.39, 0.29) is 5.91 Å². The van der Waals surface area contributed by atoms with Gasteiger partial charge in [-0.2, -0.15) is 0 Å². The average molecular weight is 206 g/mol. The van der Waals surface area contributed by atoms with Crippen LogP contribution < -0.4 is 10.2 Å². The molecule has 80 valence electrons. The predicted molar refractivity (Wildman–Crippen MR) is 58.4 cm³/mol. The van der Waals surface area contributed by atoms with Crippen LogP contribution in [0.4, 0.5) is 5.69 Å². The third kappa shape index (κ3) is 3.38. The second-order valence-electron chi connectivity index (χ2n) is 3.17. The topological polar surface area (TPSA) is 58.1 Å². The molecule has 0 aliphatic rings. The fourth-order valence-electron chi connectivity index (χ4n) is 0.909. The van der Waals surface area contributed by atoms with Crippen molar-refractivity contribution in [1.82, 2.24) is 15.3 Å². The van der Waals surface area contributed by atoms with Crippen molar-refractivity contribution >= 4 is 11.6 Å². The van der Waals surface area contributed by atoms with Gasteiger partial charge < -0.3 is 10.2 Å². The molecule has 0 aliphatic heterocycles. The summed E-state index contributed by atoms with van der Waals surface area (Å²) in [5.41, 5.74) is 0.925. The van der Waals surface area contributed by atoms with Crippen LogP contribution in [0.1, 0.15) is 5.82 Å². The summed E-state index contributed by atoms with van der Waals surface area (Å²) >= 11 is 0. The largest absolute Gasteiger partial charge is 0.375 e. The number of amides is 1. The highest BCUT2D eigenvalue weighted by molar-refractivity contribution is 5.86. The normalized spacial score (nSPS) is 9.47. The number of nitrogens with one attached hydrogen (secondary N) is 1. The van der Waals surface area contributed by atoms with Crippen molar-refractivity contribution in [3.8, 4) is 0 Å². The molecule has 1 aromatic heterocycles. The van der Waals surface area contributed by atoms with Crippen LogP contribution in [0, 0.1) is 0 Å². The van der Waals surface area contributed by atoms with E-state index < -0.39 is 0 Å². The highest BCUT2D eigenvalue weighted by atomic mass is 16.1. The number of aromatic nitrogens is 2. The SMILES string of the molecule is C=CC(=O)NCc1ncc(N(C)C)cn1. The summed E-state index contributed by atoms with van der Waals surface area (Å²) in [4.78, 5) is 21.0. The Bertz CT molecular complexity index is 345. The molecular formula is C10H14N4O. The smallest absolute Gasteiger partial charge is 0.243 e. The molecule has 1 amide bonds. The van der Waals surface area contributed by atoms with Crippen molar-refractivity contribution in [2.45, 2.75) is 6.54 Å². The van der Waals surface area contributed by atoms with Crippen molar-refractivity contribution in [1.29, 1.82) is 0 Å². The molecule has 0 radical (unpaired) electrons. The second kappa shape index (κ2) is 5.09. The van der Waals surface area contributed by atoms with Crippen LogP contribution >= 0.6 is 0 Å². The van der Waals surface area contributed by atoms with Crippen molar-refractivity contribution in [3.63, 3.8) is 0 Å². The van der Waals surface area contributed by atoms with Gasteiger partial charge in [0.1, 0.15) is 5.82 Å². The quantitative estimate of drug-likeness (QED) is 0.722. The van der Waals surface area contributed by atoms with Crippen LogP contribution in [0.3, 0.4) is 0 Å². The lowest BCUT2D eigenvalue weighted by Gasteiger charge is -2.11. The molecule has 0 saturated carbocycles. The maximum Gasteiger partial charge on any atom is 0.243 e. The first kappa shape index (κ1) is 11.2. The fraction of sp³-hybridized carbons (Fsp3) is 0.300. The first-order valence-corrected chi connectivity index (χ1v) is 4.52. The van der Waals surface area contributed by atoms with Crippen LogP contribution in [0.5, 0.6) is 0 Å². The van der Waals surface area contributed by atoms with E-state index in [1.807, 2.05) is 19.0 Å². The van der Waals surface area contributed by atoms with E-state index in [1.54, 1.807) is 12.4 Å². The van der Waals surface area contributed by atoms with Crippen LogP contribution in [-0.2, 0) is 11.3 Å². The van der Waals surface area contributed by atoms with Gasteiger partial charge in [0.2, 0.25) is 5.91 Å². The van der Waals surface area contributed by atoms with E-state index in [9.17, 15) is 4.79 Å². The van der Waals surface area contributed by atoms with Gasteiger partial charge in [0.25, 0.3) is 0 Å². The van der Waals surface area contributed by atoms with Gasteiger partial charge >= 0.3 is 0 Å². The molecule has 1 heterocycles. The Kier molecular flexibility index (Phi) is 3.79. The van der Waals surface area contributed by atoms with Crippen LogP contribution in [-0.4, -0.2) is 30.0 Å². The molecule has 1 aromatic rings. The highest BCUT2D eigenvalue weighted by Gasteiger charge is 2.00. The number of rotatable bonds is 4. The van der Waals surface area contributed by atoms with E-state index in [1.165, 1.54) is 6.08 Å². The Hall–Kier alpha value is -1.91. The molecule has 1 rings (SSSR count). The van der Waals surface area contributed by atoms with Gasteiger partial charge in [0.05, 0.1) is 24.6 Å². The van der Waals surface area contributed by atoms with E-state index in [0.29, 0.717) is 12.4 Å². The summed E-state index contributed by atoms with van der Waals surface area (Å²) in [6.45, 7) is 3.67. The minimum absolute atomic E-state index is 0.227. The zero-order valence-electron chi connectivity index (χ0n) is 8.90. The summed E-state index contributed by atoms with van der Waals surface area (Å²) in [7, 11) is 3.83. The van der Waals surface area contributed by atoms with Gasteiger partial charge in [-0.15, -0.1) is 0 Å². The molecular weight excluding hydrogens is 192 g/mol. The molecule has 0 bridgehead atoms. The predicted octanol–water partition coefficient (Wildman–Crippen LogP) is 0.345. The number of hydrogen-bond acceptors (Lipinski definition) is 4. The van der Waals surface area contributed by atoms with Gasteiger partial charge in [0, 0.05) is 14.1 Å². The molecule has 0 aromatic carbocycles. The Morgan fingerprint density at radius 2 is 2.13 bits per heavy atom. The summed E-state index contributed by atoms with van der Waals surface area (Å²) in [5.74, 6) is 0.353. The maximum absolute atomic E-state index is 10.9. The van der Waals surface area contributed by atoms with E-state index in [4.69, 9.17) is 0 Å². The molecule has 0 unspecified atom stereocenters. The van der Waals surface area contributed by atoms with Gasteiger partial charge in [-0.3, -0.25) is 4.79 Å². The summed E-state index contributed by atoms with van der Waals surface area (Å²) in [6.07, 6.45) is 4.64. The molecule has 15 heavy (non-hydrogen) atoms. The zero-order valence-corrected chi connectivity index (χ0v) is 8.90. The van der Waals surface area contributed by atoms with Crippen molar-refractivity contribution in [2.75, 3.05) is 19.0 Å². The van der Waals surface area contributed by atoms with E-state index in [2.05, 4.69) is 21.9 Å². The monoisotopic (exact) mass is 206 g/mol. The van der Waals surface area contributed by atoms with Crippen LogP contribution in [0.15, 0.2) is 25.0 Å². The Balaban J connectivity index is 2.57. The molecule has 0 saturated heterocycles. The first-order chi connectivity index (χ1) is 7.13. The van der Waals surface area contributed by atoms with Gasteiger partial charge in [-0.25, -0.2) is 9.97 Å². The van der Waals surface area contributed by atoms with Gasteiger partial charge in [-0.1, -0.05) is 6.58 Å². The molecule has 0 atom stereocenters.